The molecular weight excluding hydrogens is 126 g/mol. The predicted molar refractivity (Wildman–Crippen MR) is 31.6 cm³/mol. The molecule has 1 aliphatic heterocycles. The minimum atomic E-state index is -0.646. The number of thioether (sulfide) groups is 1. The van der Waals surface area contributed by atoms with Gasteiger partial charge < -0.3 is 10.4 Å². The molecule has 1 aliphatic rings. The molecular formula is C4H7NO2S. The van der Waals surface area contributed by atoms with Crippen LogP contribution in [-0.2, 0) is 0 Å². The molecule has 1 heterocycles. The summed E-state index contributed by atoms with van der Waals surface area (Å²) in [7, 11) is 0. The van der Waals surface area contributed by atoms with Crippen LogP contribution in [0, 0.1) is 0 Å². The van der Waals surface area contributed by atoms with E-state index in [9.17, 15) is 4.79 Å². The summed E-state index contributed by atoms with van der Waals surface area (Å²) in [6.45, 7) is 1.80. The van der Waals surface area contributed by atoms with Crippen LogP contribution in [-0.4, -0.2) is 21.8 Å². The van der Waals surface area contributed by atoms with E-state index in [4.69, 9.17) is 5.11 Å². The highest BCUT2D eigenvalue weighted by molar-refractivity contribution is 8.14. The normalized spacial score (nSPS) is 37.5. The summed E-state index contributed by atoms with van der Waals surface area (Å²) < 4.78 is 0. The summed E-state index contributed by atoms with van der Waals surface area (Å²) in [5, 5.41) is 11.0. The third kappa shape index (κ3) is 0.952. The summed E-state index contributed by atoms with van der Waals surface area (Å²) >= 11 is 1.13. The zero-order valence-electron chi connectivity index (χ0n) is 4.42. The second-order valence-corrected chi connectivity index (χ2v) is 3.05. The number of aliphatic hydroxyl groups excluding tert-OH is 1. The van der Waals surface area contributed by atoms with Crippen LogP contribution in [0.15, 0.2) is 0 Å². The van der Waals surface area contributed by atoms with E-state index in [1.165, 1.54) is 0 Å². The maximum absolute atomic E-state index is 10.4. The SMILES string of the molecule is CC1SC(=O)NC1O. The molecule has 2 atom stereocenters. The molecule has 3 nitrogen and oxygen atoms in total. The van der Waals surface area contributed by atoms with Crippen molar-refractivity contribution < 1.29 is 9.90 Å². The molecule has 1 fully saturated rings. The molecule has 0 aromatic heterocycles. The van der Waals surface area contributed by atoms with Gasteiger partial charge in [0.15, 0.2) is 0 Å². The van der Waals surface area contributed by atoms with E-state index in [1.807, 2.05) is 0 Å². The van der Waals surface area contributed by atoms with E-state index in [1.54, 1.807) is 6.92 Å². The van der Waals surface area contributed by atoms with Crippen molar-refractivity contribution in [3.05, 3.63) is 0 Å². The van der Waals surface area contributed by atoms with Gasteiger partial charge in [0.25, 0.3) is 5.24 Å². The van der Waals surface area contributed by atoms with E-state index in [-0.39, 0.29) is 10.5 Å². The molecule has 0 spiro atoms. The first-order valence-corrected chi connectivity index (χ1v) is 3.23. The van der Waals surface area contributed by atoms with E-state index in [2.05, 4.69) is 5.32 Å². The molecule has 0 radical (unpaired) electrons. The van der Waals surface area contributed by atoms with Gasteiger partial charge in [-0.05, 0) is 6.92 Å². The van der Waals surface area contributed by atoms with Gasteiger partial charge in [-0.3, -0.25) is 4.79 Å². The maximum atomic E-state index is 10.4. The van der Waals surface area contributed by atoms with Crippen LogP contribution in [0.2, 0.25) is 0 Å². The lowest BCUT2D eigenvalue weighted by Crippen LogP contribution is -2.28. The molecule has 0 aromatic carbocycles. The van der Waals surface area contributed by atoms with Gasteiger partial charge in [0.05, 0.1) is 5.25 Å². The van der Waals surface area contributed by atoms with Crippen LogP contribution in [0.1, 0.15) is 6.92 Å². The van der Waals surface area contributed by atoms with Gasteiger partial charge in [0.1, 0.15) is 6.23 Å². The van der Waals surface area contributed by atoms with Crippen LogP contribution in [0.5, 0.6) is 0 Å². The van der Waals surface area contributed by atoms with E-state index < -0.39 is 6.23 Å². The van der Waals surface area contributed by atoms with Crippen LogP contribution < -0.4 is 5.32 Å². The molecule has 0 saturated carbocycles. The summed E-state index contributed by atoms with van der Waals surface area (Å²) in [6, 6.07) is 0. The highest BCUT2D eigenvalue weighted by atomic mass is 32.2. The second-order valence-electron chi connectivity index (χ2n) is 1.70. The molecule has 4 heteroatoms. The lowest BCUT2D eigenvalue weighted by molar-refractivity contribution is 0.156. The molecule has 1 rings (SSSR count). The highest BCUT2D eigenvalue weighted by Gasteiger charge is 2.26. The number of hydrogen-bond donors (Lipinski definition) is 2. The van der Waals surface area contributed by atoms with Crippen molar-refractivity contribution in [3.8, 4) is 0 Å². The Morgan fingerprint density at radius 3 is 2.62 bits per heavy atom. The van der Waals surface area contributed by atoms with Gasteiger partial charge in [0, 0.05) is 0 Å². The Morgan fingerprint density at radius 1 is 1.88 bits per heavy atom. The predicted octanol–water partition coefficient (Wildman–Crippen LogP) is 0.150. The molecule has 8 heavy (non-hydrogen) atoms. The number of carbonyl (C=O) groups excluding carboxylic acids is 1. The monoisotopic (exact) mass is 133 g/mol. The highest BCUT2D eigenvalue weighted by Crippen LogP contribution is 2.20. The Hall–Kier alpha value is -0.220. The van der Waals surface area contributed by atoms with Crippen molar-refractivity contribution in [2.75, 3.05) is 0 Å². The first-order valence-electron chi connectivity index (χ1n) is 2.35. The number of hydrogen-bond acceptors (Lipinski definition) is 3. The Labute approximate surface area is 51.5 Å². The number of nitrogens with one attached hydrogen (secondary N) is 1. The molecule has 46 valence electrons. The standard InChI is InChI=1S/C4H7NO2S/c1-2-3(6)5-4(7)8-2/h2-3,6H,1H3,(H,5,7). The third-order valence-electron chi connectivity index (χ3n) is 1.00. The zero-order chi connectivity index (χ0) is 6.15. The topological polar surface area (TPSA) is 49.3 Å². The number of carbonyl (C=O) groups is 1. The average molecular weight is 133 g/mol. The second kappa shape index (κ2) is 1.95. The summed E-state index contributed by atoms with van der Waals surface area (Å²) in [5.41, 5.74) is 0. The zero-order valence-corrected chi connectivity index (χ0v) is 5.23. The maximum Gasteiger partial charge on any atom is 0.281 e. The average Bonchev–Trinajstić information content (AvgIpc) is 1.85. The van der Waals surface area contributed by atoms with Gasteiger partial charge >= 0.3 is 0 Å². The minimum absolute atomic E-state index is 0.00231. The van der Waals surface area contributed by atoms with Crippen LogP contribution >= 0.6 is 11.8 Å². The van der Waals surface area contributed by atoms with E-state index >= 15 is 0 Å². The van der Waals surface area contributed by atoms with Gasteiger partial charge in [-0.25, -0.2) is 0 Å². The van der Waals surface area contributed by atoms with Crippen molar-refractivity contribution in [1.29, 1.82) is 0 Å². The van der Waals surface area contributed by atoms with Crippen molar-refractivity contribution in [1.82, 2.24) is 5.32 Å². The van der Waals surface area contributed by atoms with E-state index in [0.717, 1.165) is 11.8 Å². The van der Waals surface area contributed by atoms with Crippen molar-refractivity contribution >= 4 is 17.0 Å². The van der Waals surface area contributed by atoms with Crippen molar-refractivity contribution in [2.45, 2.75) is 18.4 Å². The smallest absolute Gasteiger partial charge is 0.281 e. The van der Waals surface area contributed by atoms with Crippen molar-refractivity contribution in [2.24, 2.45) is 0 Å². The quantitative estimate of drug-likeness (QED) is 0.494. The van der Waals surface area contributed by atoms with Crippen molar-refractivity contribution in [3.63, 3.8) is 0 Å². The molecule has 0 aliphatic carbocycles. The lowest BCUT2D eigenvalue weighted by Gasteiger charge is -2.02. The Kier molecular flexibility index (Phi) is 1.44. The van der Waals surface area contributed by atoms with Gasteiger partial charge in [-0.1, -0.05) is 11.8 Å². The first-order chi connectivity index (χ1) is 3.70. The summed E-state index contributed by atoms with van der Waals surface area (Å²) in [6.07, 6.45) is -0.646. The lowest BCUT2D eigenvalue weighted by atomic mass is 10.4. The van der Waals surface area contributed by atoms with Gasteiger partial charge in [0.2, 0.25) is 0 Å². The summed E-state index contributed by atoms with van der Waals surface area (Å²) in [5.74, 6) is 0. The molecule has 2 unspecified atom stereocenters. The minimum Gasteiger partial charge on any atom is -0.373 e. The van der Waals surface area contributed by atoms with Gasteiger partial charge in [-0.2, -0.15) is 0 Å². The summed E-state index contributed by atoms with van der Waals surface area (Å²) in [4.78, 5) is 10.4. The van der Waals surface area contributed by atoms with Gasteiger partial charge in [-0.15, -0.1) is 0 Å². The molecule has 1 saturated heterocycles. The third-order valence-corrected chi connectivity index (χ3v) is 1.96. The Balaban J connectivity index is 2.51. The number of aliphatic hydroxyl groups is 1. The van der Waals surface area contributed by atoms with Crippen LogP contribution in [0.3, 0.4) is 0 Å². The largest absolute Gasteiger partial charge is 0.373 e. The van der Waals surface area contributed by atoms with Crippen LogP contribution in [0.4, 0.5) is 4.79 Å². The first kappa shape index (κ1) is 5.91. The molecule has 1 amide bonds. The fraction of sp³-hybridized carbons (Fsp3) is 0.750. The number of rotatable bonds is 0. The molecule has 2 N–H and O–H groups in total. The Morgan fingerprint density at radius 2 is 2.50 bits per heavy atom. The molecule has 0 aromatic rings. The Bertz CT molecular complexity index is 105. The fourth-order valence-electron chi connectivity index (χ4n) is 0.505. The van der Waals surface area contributed by atoms with Crippen LogP contribution in [0.25, 0.3) is 0 Å². The molecule has 0 bridgehead atoms. The fourth-order valence-corrected chi connectivity index (χ4v) is 1.23. The number of amides is 1. The van der Waals surface area contributed by atoms with E-state index in [0.29, 0.717) is 0 Å².